The highest BCUT2D eigenvalue weighted by atomic mass is 79.9. The van der Waals surface area contributed by atoms with E-state index in [9.17, 15) is 14.3 Å². The van der Waals surface area contributed by atoms with Crippen LogP contribution < -0.4 is 5.32 Å². The highest BCUT2D eigenvalue weighted by molar-refractivity contribution is 9.10. The molecule has 0 aliphatic heterocycles. The van der Waals surface area contributed by atoms with E-state index in [1.165, 1.54) is 18.2 Å². The van der Waals surface area contributed by atoms with Gasteiger partial charge in [0.15, 0.2) is 0 Å². The minimum Gasteiger partial charge on any atom is -0.388 e. The number of aliphatic hydroxyl groups is 1. The van der Waals surface area contributed by atoms with E-state index in [1.807, 2.05) is 0 Å². The molecule has 0 unspecified atom stereocenters. The molecule has 0 spiro atoms. The van der Waals surface area contributed by atoms with Crippen LogP contribution in [-0.2, 0) is 0 Å². The van der Waals surface area contributed by atoms with Gasteiger partial charge < -0.3 is 10.4 Å². The average Bonchev–Trinajstić information content (AvgIpc) is 2.19. The smallest absolute Gasteiger partial charge is 0.251 e. The van der Waals surface area contributed by atoms with Crippen LogP contribution in [-0.4, -0.2) is 22.2 Å². The van der Waals surface area contributed by atoms with Gasteiger partial charge in [-0.1, -0.05) is 0 Å². The Kier molecular flexibility index (Phi) is 4.18. The standard InChI is InChI=1S/C13H17BrFNO2/c1-12(2,13(3,4)18)16-11(17)8-5-6-10(15)9(14)7-8/h5-7,18H,1-4H3,(H,16,17). The third kappa shape index (κ3) is 3.29. The Morgan fingerprint density at radius 1 is 1.33 bits per heavy atom. The molecule has 1 aromatic rings. The molecule has 0 atom stereocenters. The number of carbonyl (C=O) groups is 1. The highest BCUT2D eigenvalue weighted by Gasteiger charge is 2.36. The van der Waals surface area contributed by atoms with Crippen LogP contribution in [0.3, 0.4) is 0 Å². The van der Waals surface area contributed by atoms with Crippen molar-refractivity contribution >= 4 is 21.8 Å². The van der Waals surface area contributed by atoms with E-state index in [0.29, 0.717) is 5.56 Å². The van der Waals surface area contributed by atoms with Gasteiger partial charge >= 0.3 is 0 Å². The number of nitrogens with one attached hydrogen (secondary N) is 1. The van der Waals surface area contributed by atoms with E-state index in [1.54, 1.807) is 27.7 Å². The molecule has 0 fully saturated rings. The Morgan fingerprint density at radius 3 is 2.33 bits per heavy atom. The van der Waals surface area contributed by atoms with Crippen LogP contribution in [0, 0.1) is 5.82 Å². The fraction of sp³-hybridized carbons (Fsp3) is 0.462. The van der Waals surface area contributed by atoms with Gasteiger partial charge in [-0.3, -0.25) is 4.79 Å². The zero-order valence-electron chi connectivity index (χ0n) is 10.8. The molecule has 1 aromatic carbocycles. The van der Waals surface area contributed by atoms with Crippen molar-refractivity contribution in [2.75, 3.05) is 0 Å². The summed E-state index contributed by atoms with van der Waals surface area (Å²) < 4.78 is 13.3. The minimum absolute atomic E-state index is 0.233. The van der Waals surface area contributed by atoms with Crippen LogP contribution in [0.25, 0.3) is 0 Å². The number of hydrogen-bond acceptors (Lipinski definition) is 2. The molecule has 0 aliphatic carbocycles. The number of amides is 1. The maximum Gasteiger partial charge on any atom is 0.251 e. The molecule has 0 saturated carbocycles. The molecule has 3 nitrogen and oxygen atoms in total. The molecule has 0 bridgehead atoms. The fourth-order valence-corrected chi connectivity index (χ4v) is 1.53. The number of rotatable bonds is 3. The Balaban J connectivity index is 2.93. The summed E-state index contributed by atoms with van der Waals surface area (Å²) in [7, 11) is 0. The first-order valence-electron chi connectivity index (χ1n) is 5.54. The van der Waals surface area contributed by atoms with E-state index in [-0.39, 0.29) is 10.4 Å². The molecule has 100 valence electrons. The van der Waals surface area contributed by atoms with E-state index in [2.05, 4.69) is 21.2 Å². The summed E-state index contributed by atoms with van der Waals surface area (Å²) in [6.45, 7) is 6.69. The molecule has 1 rings (SSSR count). The zero-order valence-corrected chi connectivity index (χ0v) is 12.4. The largest absolute Gasteiger partial charge is 0.388 e. The van der Waals surface area contributed by atoms with E-state index < -0.39 is 17.0 Å². The molecule has 18 heavy (non-hydrogen) atoms. The zero-order chi connectivity index (χ0) is 14.1. The van der Waals surface area contributed by atoms with Gasteiger partial charge in [-0.15, -0.1) is 0 Å². The summed E-state index contributed by atoms with van der Waals surface area (Å²) in [6, 6.07) is 4.02. The van der Waals surface area contributed by atoms with Crippen molar-refractivity contribution in [2.24, 2.45) is 0 Å². The van der Waals surface area contributed by atoms with E-state index >= 15 is 0 Å². The molecule has 1 amide bonds. The summed E-state index contributed by atoms with van der Waals surface area (Å²) in [5.74, 6) is -0.781. The predicted octanol–water partition coefficient (Wildman–Crippen LogP) is 2.87. The molecule has 0 heterocycles. The van der Waals surface area contributed by atoms with E-state index in [4.69, 9.17) is 0 Å². The van der Waals surface area contributed by atoms with Crippen molar-refractivity contribution < 1.29 is 14.3 Å². The quantitative estimate of drug-likeness (QED) is 0.900. The second-order valence-corrected chi connectivity index (χ2v) is 6.12. The lowest BCUT2D eigenvalue weighted by atomic mass is 9.86. The number of hydrogen-bond donors (Lipinski definition) is 2. The van der Waals surface area contributed by atoms with Crippen molar-refractivity contribution in [3.05, 3.63) is 34.1 Å². The van der Waals surface area contributed by atoms with Gasteiger partial charge in [0.2, 0.25) is 0 Å². The van der Waals surface area contributed by atoms with Crippen LogP contribution in [0.4, 0.5) is 4.39 Å². The summed E-state index contributed by atoms with van der Waals surface area (Å²) >= 11 is 3.03. The minimum atomic E-state index is -1.07. The first-order chi connectivity index (χ1) is 8.04. The van der Waals surface area contributed by atoms with Crippen LogP contribution in [0.5, 0.6) is 0 Å². The van der Waals surface area contributed by atoms with Crippen molar-refractivity contribution in [3.63, 3.8) is 0 Å². The molecular formula is C13H17BrFNO2. The van der Waals surface area contributed by atoms with Gasteiger partial charge in [0.05, 0.1) is 15.6 Å². The molecule has 5 heteroatoms. The third-order valence-corrected chi connectivity index (χ3v) is 3.75. The Morgan fingerprint density at radius 2 is 1.89 bits per heavy atom. The molecule has 2 N–H and O–H groups in total. The molecule has 0 radical (unpaired) electrons. The summed E-state index contributed by atoms with van der Waals surface area (Å²) in [4.78, 5) is 12.0. The lowest BCUT2D eigenvalue weighted by Crippen LogP contribution is -2.57. The number of carbonyl (C=O) groups excluding carboxylic acids is 1. The lowest BCUT2D eigenvalue weighted by molar-refractivity contribution is -0.00293. The van der Waals surface area contributed by atoms with Gasteiger partial charge in [0.25, 0.3) is 5.91 Å². The molecule has 0 aliphatic rings. The average molecular weight is 318 g/mol. The van der Waals surface area contributed by atoms with Crippen LogP contribution >= 0.6 is 15.9 Å². The van der Waals surface area contributed by atoms with Gasteiger partial charge in [-0.2, -0.15) is 0 Å². The summed E-state index contributed by atoms with van der Waals surface area (Å²) in [5.41, 5.74) is -1.54. The van der Waals surface area contributed by atoms with Gasteiger partial charge in [-0.25, -0.2) is 4.39 Å². The second-order valence-electron chi connectivity index (χ2n) is 5.27. The third-order valence-electron chi connectivity index (χ3n) is 3.14. The normalized spacial score (nSPS) is 12.4. The van der Waals surface area contributed by atoms with Crippen LogP contribution in [0.1, 0.15) is 38.1 Å². The maximum absolute atomic E-state index is 13.1. The van der Waals surface area contributed by atoms with Gasteiger partial charge in [0.1, 0.15) is 5.82 Å². The number of halogens is 2. The predicted molar refractivity (Wildman–Crippen MR) is 71.9 cm³/mol. The van der Waals surface area contributed by atoms with Crippen molar-refractivity contribution in [2.45, 2.75) is 38.8 Å². The summed E-state index contributed by atoms with van der Waals surface area (Å²) in [6.07, 6.45) is 0. The Hall–Kier alpha value is -0.940. The van der Waals surface area contributed by atoms with E-state index in [0.717, 1.165) is 0 Å². The van der Waals surface area contributed by atoms with Crippen LogP contribution in [0.2, 0.25) is 0 Å². The first-order valence-corrected chi connectivity index (χ1v) is 6.34. The summed E-state index contributed by atoms with van der Waals surface area (Å²) in [5, 5.41) is 12.7. The Labute approximate surface area is 115 Å². The topological polar surface area (TPSA) is 49.3 Å². The molecule has 0 saturated heterocycles. The molecule has 0 aromatic heterocycles. The van der Waals surface area contributed by atoms with Crippen molar-refractivity contribution in [1.82, 2.24) is 5.32 Å². The molecular weight excluding hydrogens is 301 g/mol. The van der Waals surface area contributed by atoms with Gasteiger partial charge in [0, 0.05) is 5.56 Å². The van der Waals surface area contributed by atoms with Crippen molar-refractivity contribution in [1.29, 1.82) is 0 Å². The lowest BCUT2D eigenvalue weighted by Gasteiger charge is -2.38. The number of benzene rings is 1. The van der Waals surface area contributed by atoms with Crippen LogP contribution in [0.15, 0.2) is 22.7 Å². The highest BCUT2D eigenvalue weighted by Crippen LogP contribution is 2.22. The Bertz CT molecular complexity index is 467. The SMILES string of the molecule is CC(C)(O)C(C)(C)NC(=O)c1ccc(F)c(Br)c1. The monoisotopic (exact) mass is 317 g/mol. The fourth-order valence-electron chi connectivity index (χ4n) is 1.15. The second kappa shape index (κ2) is 4.97. The first kappa shape index (κ1) is 15.1. The maximum atomic E-state index is 13.1. The van der Waals surface area contributed by atoms with Crippen molar-refractivity contribution in [3.8, 4) is 0 Å². The van der Waals surface area contributed by atoms with Gasteiger partial charge in [-0.05, 0) is 61.8 Å².